The maximum absolute atomic E-state index is 13.2. The van der Waals surface area contributed by atoms with E-state index in [9.17, 15) is 9.13 Å². The van der Waals surface area contributed by atoms with Gasteiger partial charge in [0.1, 0.15) is 32.3 Å². The molecule has 11 unspecified atom stereocenters. The molecule has 3 heterocycles. The molecule has 11 atom stereocenters. The van der Waals surface area contributed by atoms with Gasteiger partial charge >= 0.3 is 15.6 Å². The summed E-state index contributed by atoms with van der Waals surface area (Å²) in [6.07, 6.45) is -2.09. The zero-order valence-corrected chi connectivity index (χ0v) is 24.0. The minimum atomic E-state index is -4.03. The van der Waals surface area contributed by atoms with Gasteiger partial charge in [-0.05, 0) is 20.3 Å². The molecule has 3 rings (SSSR count). The van der Waals surface area contributed by atoms with Gasteiger partial charge in [-0.25, -0.2) is 9.13 Å². The Bertz CT molecular complexity index is 806. The van der Waals surface area contributed by atoms with Gasteiger partial charge in [0.2, 0.25) is 0 Å². The average Bonchev–Trinajstić information content (AvgIpc) is 3.52. The molecule has 3 fully saturated rings. The molecular formula is C21H39BO13P2. The Morgan fingerprint density at radius 2 is 1.16 bits per heavy atom. The zero-order valence-electron chi connectivity index (χ0n) is 22.2. The number of phosphoric acid groups is 2. The van der Waals surface area contributed by atoms with Crippen LogP contribution >= 0.6 is 15.6 Å². The van der Waals surface area contributed by atoms with Crippen LogP contribution in [-0.2, 0) is 60.0 Å². The molecule has 214 valence electrons. The largest absolute Gasteiger partial charge is 0.474 e. The van der Waals surface area contributed by atoms with E-state index < -0.39 is 52.2 Å². The SMILES string of the molecule is [B]C1CC(OP(=O)(OC)OCC2OC(C)CC2OC)C(COP(=O)(OC)OC2CC(C)OC2COC)O1. The first kappa shape index (κ1) is 31.6. The van der Waals surface area contributed by atoms with Crippen LogP contribution in [0.2, 0.25) is 0 Å². The monoisotopic (exact) mass is 572 g/mol. The van der Waals surface area contributed by atoms with E-state index in [1.165, 1.54) is 21.3 Å². The lowest BCUT2D eigenvalue weighted by Gasteiger charge is -2.27. The lowest BCUT2D eigenvalue weighted by molar-refractivity contribution is -0.0462. The highest BCUT2D eigenvalue weighted by atomic mass is 31.2. The van der Waals surface area contributed by atoms with Crippen molar-refractivity contribution < 1.29 is 60.0 Å². The minimum Gasteiger partial charge on any atom is -0.382 e. The van der Waals surface area contributed by atoms with E-state index in [1.807, 2.05) is 13.8 Å². The predicted octanol–water partition coefficient (Wildman–Crippen LogP) is 2.60. The van der Waals surface area contributed by atoms with E-state index in [0.29, 0.717) is 12.8 Å². The number of phosphoric ester groups is 2. The van der Waals surface area contributed by atoms with Crippen LogP contribution in [0.1, 0.15) is 33.1 Å². The van der Waals surface area contributed by atoms with Crippen molar-refractivity contribution >= 4 is 23.5 Å². The molecule has 0 bridgehead atoms. The molecule has 0 aromatic rings. The summed E-state index contributed by atoms with van der Waals surface area (Å²) in [6, 6.07) is -0.737. The topological polar surface area (TPSA) is 136 Å². The van der Waals surface area contributed by atoms with Gasteiger partial charge in [-0.3, -0.25) is 27.1 Å². The summed E-state index contributed by atoms with van der Waals surface area (Å²) < 4.78 is 86.8. The molecule has 3 saturated heterocycles. The summed E-state index contributed by atoms with van der Waals surface area (Å²) in [5.74, 6) is 0. The standard InChI is InChI=1S/C21H39BO13P2/c1-13-7-15(26-4)19(32-13)11-29-37(24,28-6)35-17-9-21(22)33-20(17)12-30-36(23,27-5)34-16-8-14(2)31-18(16)10-25-3/h13-21H,7-12H2,1-6H3. The van der Waals surface area contributed by atoms with E-state index in [-0.39, 0.29) is 44.6 Å². The van der Waals surface area contributed by atoms with Crippen LogP contribution in [0, 0.1) is 0 Å². The van der Waals surface area contributed by atoms with Crippen molar-refractivity contribution in [3.63, 3.8) is 0 Å². The molecular weight excluding hydrogens is 533 g/mol. The zero-order chi connectivity index (χ0) is 27.2. The quantitative estimate of drug-likeness (QED) is 0.210. The molecule has 0 N–H and O–H groups in total. The molecule has 0 amide bonds. The second-order valence-corrected chi connectivity index (χ2v) is 12.7. The van der Waals surface area contributed by atoms with Crippen LogP contribution in [0.4, 0.5) is 0 Å². The van der Waals surface area contributed by atoms with Gasteiger partial charge in [-0.1, -0.05) is 0 Å². The first-order valence-electron chi connectivity index (χ1n) is 12.2. The van der Waals surface area contributed by atoms with Gasteiger partial charge in [0.05, 0.1) is 44.2 Å². The van der Waals surface area contributed by atoms with Crippen LogP contribution in [0.25, 0.3) is 0 Å². The first-order valence-corrected chi connectivity index (χ1v) is 15.2. The third-order valence-electron chi connectivity index (χ3n) is 6.40. The van der Waals surface area contributed by atoms with E-state index in [4.69, 9.17) is 58.7 Å². The van der Waals surface area contributed by atoms with Crippen LogP contribution < -0.4 is 0 Å². The molecule has 0 aromatic heterocycles. The van der Waals surface area contributed by atoms with Crippen LogP contribution in [0.3, 0.4) is 0 Å². The van der Waals surface area contributed by atoms with Gasteiger partial charge < -0.3 is 23.7 Å². The highest BCUT2D eigenvalue weighted by molar-refractivity contribution is 7.48. The van der Waals surface area contributed by atoms with Crippen LogP contribution in [0.5, 0.6) is 0 Å². The fourth-order valence-electron chi connectivity index (χ4n) is 4.58. The molecule has 13 nitrogen and oxygen atoms in total. The third kappa shape index (κ3) is 8.78. The van der Waals surface area contributed by atoms with Gasteiger partial charge in [0.15, 0.2) is 0 Å². The number of ether oxygens (including phenoxy) is 5. The smallest absolute Gasteiger partial charge is 0.382 e. The average molecular weight is 572 g/mol. The van der Waals surface area contributed by atoms with Gasteiger partial charge in [-0.2, -0.15) is 0 Å². The second-order valence-electron chi connectivity index (χ2n) is 9.26. The summed E-state index contributed by atoms with van der Waals surface area (Å²) in [6.45, 7) is 3.72. The highest BCUT2D eigenvalue weighted by Gasteiger charge is 2.45. The molecule has 3 aliphatic heterocycles. The van der Waals surface area contributed by atoms with Gasteiger partial charge in [0, 0.05) is 47.3 Å². The van der Waals surface area contributed by atoms with Gasteiger partial charge in [0.25, 0.3) is 0 Å². The Kier molecular flexibility index (Phi) is 12.1. The summed E-state index contributed by atoms with van der Waals surface area (Å²) in [4.78, 5) is 0. The van der Waals surface area contributed by atoms with Crippen molar-refractivity contribution in [2.45, 2.75) is 87.9 Å². The molecule has 2 radical (unpaired) electrons. The lowest BCUT2D eigenvalue weighted by Crippen LogP contribution is -2.31. The summed E-state index contributed by atoms with van der Waals surface area (Å²) in [7, 11) is 3.44. The predicted molar refractivity (Wildman–Crippen MR) is 130 cm³/mol. The molecule has 0 aromatic carbocycles. The van der Waals surface area contributed by atoms with Crippen molar-refractivity contribution in [1.82, 2.24) is 0 Å². The molecule has 0 spiro atoms. The minimum absolute atomic E-state index is 0.0216. The van der Waals surface area contributed by atoms with Gasteiger partial charge in [-0.15, -0.1) is 0 Å². The molecule has 37 heavy (non-hydrogen) atoms. The summed E-state index contributed by atoms with van der Waals surface area (Å²) >= 11 is 0. The Balaban J connectivity index is 1.57. The molecule has 16 heteroatoms. The highest BCUT2D eigenvalue weighted by Crippen LogP contribution is 2.54. The Morgan fingerprint density at radius 1 is 0.703 bits per heavy atom. The Labute approximate surface area is 220 Å². The van der Waals surface area contributed by atoms with E-state index in [0.717, 1.165) is 0 Å². The first-order chi connectivity index (χ1) is 17.5. The summed E-state index contributed by atoms with van der Waals surface area (Å²) in [5, 5.41) is 0. The second kappa shape index (κ2) is 14.1. The summed E-state index contributed by atoms with van der Waals surface area (Å²) in [5.41, 5.74) is 0. The van der Waals surface area contributed by atoms with Crippen molar-refractivity contribution in [1.29, 1.82) is 0 Å². The van der Waals surface area contributed by atoms with E-state index in [2.05, 4.69) is 0 Å². The maximum atomic E-state index is 13.2. The number of rotatable bonds is 15. The fourth-order valence-corrected chi connectivity index (χ4v) is 6.85. The molecule has 3 aliphatic rings. The van der Waals surface area contributed by atoms with Crippen molar-refractivity contribution in [2.75, 3.05) is 48.3 Å². The van der Waals surface area contributed by atoms with Crippen molar-refractivity contribution in [3.05, 3.63) is 0 Å². The number of hydrogen-bond acceptors (Lipinski definition) is 13. The normalized spacial score (nSPS) is 39.6. The number of hydrogen-bond donors (Lipinski definition) is 0. The maximum Gasteiger partial charge on any atom is 0.474 e. The fraction of sp³-hybridized carbons (Fsp3) is 1.00. The Morgan fingerprint density at radius 3 is 1.65 bits per heavy atom. The van der Waals surface area contributed by atoms with Crippen LogP contribution in [-0.4, -0.2) is 111 Å². The number of methoxy groups -OCH3 is 2. The Hall–Kier alpha value is 0.0849. The molecule has 0 aliphatic carbocycles. The van der Waals surface area contributed by atoms with E-state index in [1.54, 1.807) is 7.11 Å². The lowest BCUT2D eigenvalue weighted by atomic mass is 9.96. The van der Waals surface area contributed by atoms with Crippen molar-refractivity contribution in [2.24, 2.45) is 0 Å². The van der Waals surface area contributed by atoms with Crippen molar-refractivity contribution in [3.8, 4) is 0 Å². The van der Waals surface area contributed by atoms with Crippen LogP contribution in [0.15, 0.2) is 0 Å². The third-order valence-corrected chi connectivity index (χ3v) is 9.29. The molecule has 0 saturated carbocycles. The van der Waals surface area contributed by atoms with E-state index >= 15 is 0 Å².